The van der Waals surface area contributed by atoms with E-state index in [1.807, 2.05) is 25.1 Å². The summed E-state index contributed by atoms with van der Waals surface area (Å²) < 4.78 is 5.38. The number of nitrogens with one attached hydrogen (secondary N) is 1. The third-order valence-electron chi connectivity index (χ3n) is 2.82. The molecular weight excluding hydrogens is 232 g/mol. The van der Waals surface area contributed by atoms with Gasteiger partial charge in [-0.15, -0.1) is 0 Å². The largest absolute Gasteiger partial charge is 0.481 e. The SMILES string of the molecule is Cc1nc2cc(NCCC(C)C(=O)O)ccc2o1. The molecule has 2 aromatic rings. The van der Waals surface area contributed by atoms with Gasteiger partial charge in [-0.1, -0.05) is 6.92 Å². The number of hydrogen-bond donors (Lipinski definition) is 2. The molecule has 0 fully saturated rings. The van der Waals surface area contributed by atoms with Crippen LogP contribution in [0.4, 0.5) is 5.69 Å². The van der Waals surface area contributed by atoms with E-state index in [4.69, 9.17) is 9.52 Å². The van der Waals surface area contributed by atoms with E-state index < -0.39 is 5.97 Å². The number of carboxylic acid groups (broad SMARTS) is 1. The first-order valence-corrected chi connectivity index (χ1v) is 5.90. The summed E-state index contributed by atoms with van der Waals surface area (Å²) in [5.41, 5.74) is 2.49. The maximum absolute atomic E-state index is 10.7. The second kappa shape index (κ2) is 5.08. The molecule has 2 N–H and O–H groups in total. The first-order chi connectivity index (χ1) is 8.56. The van der Waals surface area contributed by atoms with Crippen LogP contribution in [0.3, 0.4) is 0 Å². The zero-order chi connectivity index (χ0) is 13.1. The van der Waals surface area contributed by atoms with E-state index >= 15 is 0 Å². The Bertz CT molecular complexity index is 562. The van der Waals surface area contributed by atoms with Crippen LogP contribution >= 0.6 is 0 Å². The smallest absolute Gasteiger partial charge is 0.306 e. The van der Waals surface area contributed by atoms with Crippen LogP contribution in [0.15, 0.2) is 22.6 Å². The molecule has 96 valence electrons. The Balaban J connectivity index is 1.97. The second-order valence-corrected chi connectivity index (χ2v) is 4.37. The fourth-order valence-electron chi connectivity index (χ4n) is 1.71. The van der Waals surface area contributed by atoms with Gasteiger partial charge in [0.25, 0.3) is 0 Å². The molecule has 0 saturated carbocycles. The predicted molar refractivity (Wildman–Crippen MR) is 68.7 cm³/mol. The number of fused-ring (bicyclic) bond motifs is 1. The Hall–Kier alpha value is -2.04. The minimum atomic E-state index is -0.764. The van der Waals surface area contributed by atoms with Gasteiger partial charge in [0.05, 0.1) is 5.92 Å². The molecule has 1 atom stereocenters. The molecule has 0 amide bonds. The summed E-state index contributed by atoms with van der Waals surface area (Å²) in [6.45, 7) is 4.13. The summed E-state index contributed by atoms with van der Waals surface area (Å²) in [4.78, 5) is 14.9. The number of aryl methyl sites for hydroxylation is 1. The average molecular weight is 248 g/mol. The molecule has 0 aliphatic heterocycles. The van der Waals surface area contributed by atoms with Crippen LogP contribution < -0.4 is 5.32 Å². The normalized spacial score (nSPS) is 12.6. The number of hydrogen-bond acceptors (Lipinski definition) is 4. The molecule has 0 radical (unpaired) electrons. The molecule has 0 saturated heterocycles. The lowest BCUT2D eigenvalue weighted by atomic mass is 10.1. The fourth-order valence-corrected chi connectivity index (χ4v) is 1.71. The van der Waals surface area contributed by atoms with E-state index in [9.17, 15) is 4.79 Å². The lowest BCUT2D eigenvalue weighted by Gasteiger charge is -2.08. The molecule has 0 aliphatic rings. The number of rotatable bonds is 5. The third kappa shape index (κ3) is 2.80. The minimum Gasteiger partial charge on any atom is -0.481 e. The maximum Gasteiger partial charge on any atom is 0.306 e. The Morgan fingerprint density at radius 1 is 1.56 bits per heavy atom. The molecule has 1 heterocycles. The molecule has 5 heteroatoms. The van der Waals surface area contributed by atoms with Gasteiger partial charge in [0.2, 0.25) is 0 Å². The lowest BCUT2D eigenvalue weighted by Crippen LogP contribution is -2.14. The quantitative estimate of drug-likeness (QED) is 0.850. The van der Waals surface area contributed by atoms with Gasteiger partial charge in [-0.25, -0.2) is 4.98 Å². The summed E-state index contributed by atoms with van der Waals surface area (Å²) in [7, 11) is 0. The molecule has 0 bridgehead atoms. The lowest BCUT2D eigenvalue weighted by molar-refractivity contribution is -0.141. The Labute approximate surface area is 105 Å². The highest BCUT2D eigenvalue weighted by atomic mass is 16.4. The molecule has 18 heavy (non-hydrogen) atoms. The highest BCUT2D eigenvalue weighted by Gasteiger charge is 2.10. The number of carbonyl (C=O) groups is 1. The molecule has 0 spiro atoms. The number of aliphatic carboxylic acids is 1. The molecule has 1 aromatic carbocycles. The zero-order valence-corrected chi connectivity index (χ0v) is 10.4. The first-order valence-electron chi connectivity index (χ1n) is 5.90. The van der Waals surface area contributed by atoms with Gasteiger partial charge in [0.15, 0.2) is 11.5 Å². The van der Waals surface area contributed by atoms with Crippen molar-refractivity contribution in [2.24, 2.45) is 5.92 Å². The summed E-state index contributed by atoms with van der Waals surface area (Å²) in [5.74, 6) is -0.462. The standard InChI is InChI=1S/C13H16N2O3/c1-8(13(16)17)5-6-14-10-3-4-12-11(7-10)15-9(2)18-12/h3-4,7-8,14H,5-6H2,1-2H3,(H,16,17). The third-order valence-corrected chi connectivity index (χ3v) is 2.82. The summed E-state index contributed by atoms with van der Waals surface area (Å²) in [6, 6.07) is 5.66. The van der Waals surface area contributed by atoms with Crippen molar-refractivity contribution in [2.75, 3.05) is 11.9 Å². The van der Waals surface area contributed by atoms with Gasteiger partial charge in [-0.2, -0.15) is 0 Å². The summed E-state index contributed by atoms with van der Waals surface area (Å²) >= 11 is 0. The van der Waals surface area contributed by atoms with Crippen molar-refractivity contribution in [3.05, 3.63) is 24.1 Å². The molecule has 2 rings (SSSR count). The van der Waals surface area contributed by atoms with Crippen LogP contribution in [-0.4, -0.2) is 22.6 Å². The monoisotopic (exact) mass is 248 g/mol. The molecule has 0 aliphatic carbocycles. The van der Waals surface area contributed by atoms with Crippen molar-refractivity contribution in [1.29, 1.82) is 0 Å². The van der Waals surface area contributed by atoms with E-state index in [1.54, 1.807) is 6.92 Å². The second-order valence-electron chi connectivity index (χ2n) is 4.37. The Morgan fingerprint density at radius 3 is 3.06 bits per heavy atom. The minimum absolute atomic E-state index is 0.337. The van der Waals surface area contributed by atoms with Crippen molar-refractivity contribution in [2.45, 2.75) is 20.3 Å². The van der Waals surface area contributed by atoms with E-state index in [-0.39, 0.29) is 5.92 Å². The van der Waals surface area contributed by atoms with Crippen LogP contribution in [0, 0.1) is 12.8 Å². The van der Waals surface area contributed by atoms with Crippen LogP contribution in [-0.2, 0) is 4.79 Å². The fraction of sp³-hybridized carbons (Fsp3) is 0.385. The van der Waals surface area contributed by atoms with Crippen LogP contribution in [0.25, 0.3) is 11.1 Å². The number of benzene rings is 1. The van der Waals surface area contributed by atoms with Crippen molar-refractivity contribution in [3.8, 4) is 0 Å². The van der Waals surface area contributed by atoms with Gasteiger partial charge < -0.3 is 14.8 Å². The maximum atomic E-state index is 10.7. The topological polar surface area (TPSA) is 75.4 Å². The molecular formula is C13H16N2O3. The average Bonchev–Trinajstić information content (AvgIpc) is 2.68. The summed E-state index contributed by atoms with van der Waals surface area (Å²) in [5, 5.41) is 12.0. The van der Waals surface area contributed by atoms with E-state index in [2.05, 4.69) is 10.3 Å². The zero-order valence-electron chi connectivity index (χ0n) is 10.4. The van der Waals surface area contributed by atoms with Crippen molar-refractivity contribution >= 4 is 22.8 Å². The van der Waals surface area contributed by atoms with Crippen LogP contribution in [0.1, 0.15) is 19.2 Å². The molecule has 1 aromatic heterocycles. The number of carboxylic acids is 1. The van der Waals surface area contributed by atoms with Gasteiger partial charge in [-0.3, -0.25) is 4.79 Å². The number of aromatic nitrogens is 1. The Morgan fingerprint density at radius 2 is 2.33 bits per heavy atom. The predicted octanol–water partition coefficient (Wildman–Crippen LogP) is 2.66. The van der Waals surface area contributed by atoms with Crippen molar-refractivity contribution in [3.63, 3.8) is 0 Å². The molecule has 1 unspecified atom stereocenters. The number of anilines is 1. The van der Waals surface area contributed by atoms with Crippen LogP contribution in [0.2, 0.25) is 0 Å². The van der Waals surface area contributed by atoms with Crippen molar-refractivity contribution < 1.29 is 14.3 Å². The van der Waals surface area contributed by atoms with E-state index in [1.165, 1.54) is 0 Å². The van der Waals surface area contributed by atoms with E-state index in [0.29, 0.717) is 18.9 Å². The Kier molecular flexibility index (Phi) is 3.50. The van der Waals surface area contributed by atoms with Gasteiger partial charge >= 0.3 is 5.97 Å². The van der Waals surface area contributed by atoms with Crippen molar-refractivity contribution in [1.82, 2.24) is 4.98 Å². The highest BCUT2D eigenvalue weighted by Crippen LogP contribution is 2.19. The van der Waals surface area contributed by atoms with Gasteiger partial charge in [0.1, 0.15) is 5.52 Å². The highest BCUT2D eigenvalue weighted by molar-refractivity contribution is 5.77. The summed E-state index contributed by atoms with van der Waals surface area (Å²) in [6.07, 6.45) is 0.589. The molecule has 5 nitrogen and oxygen atoms in total. The van der Waals surface area contributed by atoms with Gasteiger partial charge in [-0.05, 0) is 24.6 Å². The van der Waals surface area contributed by atoms with E-state index in [0.717, 1.165) is 16.8 Å². The number of nitrogens with zero attached hydrogens (tertiary/aromatic N) is 1. The number of oxazole rings is 1. The van der Waals surface area contributed by atoms with Gasteiger partial charge in [0, 0.05) is 19.2 Å². The first kappa shape index (κ1) is 12.4. The van der Waals surface area contributed by atoms with Crippen LogP contribution in [0.5, 0.6) is 0 Å².